The van der Waals surface area contributed by atoms with Crippen LogP contribution in [0.25, 0.3) is 21.3 Å². The Balaban J connectivity index is 1.73. The number of para-hydroxylation sites is 1. The molecule has 2 heterocycles. The average molecular weight is 489 g/mol. The number of rotatable bonds is 6. The third kappa shape index (κ3) is 5.01. The van der Waals surface area contributed by atoms with Crippen molar-refractivity contribution in [1.29, 1.82) is 0 Å². The van der Waals surface area contributed by atoms with Gasteiger partial charge in [-0.1, -0.05) is 29.5 Å². The SMILES string of the molecule is CC(=O)Nc1nc2c(Oc3cc(-c4ccc(C(F)(F)F)cc4)c(C(O)CO)cn3)cccc2s1. The molecule has 1 amide bonds. The molecule has 0 aliphatic rings. The fraction of sp³-hybridized carbons (Fsp3) is 0.174. The van der Waals surface area contributed by atoms with Crippen molar-refractivity contribution in [1.82, 2.24) is 9.97 Å². The van der Waals surface area contributed by atoms with Crippen molar-refractivity contribution in [3.8, 4) is 22.8 Å². The molecular weight excluding hydrogens is 471 g/mol. The minimum Gasteiger partial charge on any atom is -0.437 e. The summed E-state index contributed by atoms with van der Waals surface area (Å²) >= 11 is 1.27. The summed E-state index contributed by atoms with van der Waals surface area (Å²) in [5.74, 6) is 0.194. The van der Waals surface area contributed by atoms with Crippen molar-refractivity contribution in [2.75, 3.05) is 11.9 Å². The van der Waals surface area contributed by atoms with Gasteiger partial charge in [0.25, 0.3) is 0 Å². The number of halogens is 3. The van der Waals surface area contributed by atoms with E-state index in [1.54, 1.807) is 12.1 Å². The average Bonchev–Trinajstić information content (AvgIpc) is 3.21. The van der Waals surface area contributed by atoms with E-state index >= 15 is 0 Å². The molecule has 1 atom stereocenters. The van der Waals surface area contributed by atoms with E-state index < -0.39 is 24.5 Å². The molecule has 3 N–H and O–H groups in total. The Hall–Kier alpha value is -3.54. The Morgan fingerprint density at radius 1 is 1.21 bits per heavy atom. The molecular formula is C23H18F3N3O4S. The first-order chi connectivity index (χ1) is 16.2. The van der Waals surface area contributed by atoms with Crippen LogP contribution in [0.4, 0.5) is 18.3 Å². The summed E-state index contributed by atoms with van der Waals surface area (Å²) in [6, 6.07) is 11.1. The molecule has 0 bridgehead atoms. The van der Waals surface area contributed by atoms with Crippen LogP contribution in [0.5, 0.6) is 11.6 Å². The molecule has 4 aromatic rings. The van der Waals surface area contributed by atoms with Gasteiger partial charge in [0.15, 0.2) is 10.9 Å². The fourth-order valence-electron chi connectivity index (χ4n) is 3.28. The Morgan fingerprint density at radius 2 is 1.94 bits per heavy atom. The minimum absolute atomic E-state index is 0.102. The predicted molar refractivity (Wildman–Crippen MR) is 121 cm³/mol. The molecule has 176 valence electrons. The van der Waals surface area contributed by atoms with Gasteiger partial charge in [0.1, 0.15) is 11.6 Å². The lowest BCUT2D eigenvalue weighted by molar-refractivity contribution is -0.137. The van der Waals surface area contributed by atoms with Crippen LogP contribution in [0.2, 0.25) is 0 Å². The molecule has 1 unspecified atom stereocenters. The molecule has 0 spiro atoms. The molecule has 0 fully saturated rings. The highest BCUT2D eigenvalue weighted by atomic mass is 32.1. The number of carbonyl (C=O) groups is 1. The zero-order valence-corrected chi connectivity index (χ0v) is 18.4. The maximum atomic E-state index is 13.0. The third-order valence-corrected chi connectivity index (χ3v) is 5.78. The van der Waals surface area contributed by atoms with E-state index in [2.05, 4.69) is 15.3 Å². The normalized spacial score (nSPS) is 12.5. The lowest BCUT2D eigenvalue weighted by Gasteiger charge is -2.16. The molecule has 2 aromatic carbocycles. The summed E-state index contributed by atoms with van der Waals surface area (Å²) < 4.78 is 45.6. The number of thiazole rings is 1. The third-order valence-electron chi connectivity index (χ3n) is 4.84. The number of aliphatic hydroxyl groups excluding tert-OH is 2. The van der Waals surface area contributed by atoms with Gasteiger partial charge in [-0.25, -0.2) is 9.97 Å². The number of nitrogens with one attached hydrogen (secondary N) is 1. The number of benzene rings is 2. The monoisotopic (exact) mass is 489 g/mol. The molecule has 0 radical (unpaired) electrons. The van der Waals surface area contributed by atoms with E-state index in [1.807, 2.05) is 6.07 Å². The van der Waals surface area contributed by atoms with Gasteiger partial charge >= 0.3 is 6.18 Å². The van der Waals surface area contributed by atoms with Crippen LogP contribution in [-0.4, -0.2) is 32.7 Å². The quantitative estimate of drug-likeness (QED) is 0.346. The molecule has 7 nitrogen and oxygen atoms in total. The van der Waals surface area contributed by atoms with Gasteiger partial charge in [-0.3, -0.25) is 4.79 Å². The van der Waals surface area contributed by atoms with Crippen LogP contribution in [0.1, 0.15) is 24.2 Å². The second kappa shape index (κ2) is 9.37. The lowest BCUT2D eigenvalue weighted by Crippen LogP contribution is -2.07. The van der Waals surface area contributed by atoms with Gasteiger partial charge in [-0.05, 0) is 35.4 Å². The van der Waals surface area contributed by atoms with Crippen LogP contribution in [0.15, 0.2) is 54.7 Å². The second-order valence-corrected chi connectivity index (χ2v) is 8.32. The van der Waals surface area contributed by atoms with Crippen LogP contribution in [0.3, 0.4) is 0 Å². The molecule has 11 heteroatoms. The van der Waals surface area contributed by atoms with E-state index in [0.29, 0.717) is 27.5 Å². The van der Waals surface area contributed by atoms with Crippen LogP contribution >= 0.6 is 11.3 Å². The Bertz CT molecular complexity index is 1340. The number of fused-ring (bicyclic) bond motifs is 1. The lowest BCUT2D eigenvalue weighted by atomic mass is 9.97. The summed E-state index contributed by atoms with van der Waals surface area (Å²) in [5, 5.41) is 22.6. The fourth-order valence-corrected chi connectivity index (χ4v) is 4.21. The summed E-state index contributed by atoms with van der Waals surface area (Å²) in [7, 11) is 0. The number of amides is 1. The van der Waals surface area contributed by atoms with Crippen molar-refractivity contribution in [3.63, 3.8) is 0 Å². The zero-order chi connectivity index (χ0) is 24.5. The maximum Gasteiger partial charge on any atom is 0.416 e. The first-order valence-corrected chi connectivity index (χ1v) is 10.8. The molecule has 4 rings (SSSR count). The molecule has 0 aliphatic heterocycles. The van der Waals surface area contributed by atoms with E-state index in [4.69, 9.17) is 4.74 Å². The summed E-state index contributed by atoms with van der Waals surface area (Å²) in [6.07, 6.45) is -4.48. The van der Waals surface area contributed by atoms with E-state index in [0.717, 1.165) is 16.8 Å². The van der Waals surface area contributed by atoms with Gasteiger partial charge in [-0.15, -0.1) is 0 Å². The number of ether oxygens (including phenoxy) is 1. The number of carbonyl (C=O) groups excluding carboxylic acids is 1. The van der Waals surface area contributed by atoms with Gasteiger partial charge < -0.3 is 20.3 Å². The second-order valence-electron chi connectivity index (χ2n) is 7.29. The topological polar surface area (TPSA) is 105 Å². The molecule has 0 saturated heterocycles. The van der Waals surface area contributed by atoms with Crippen molar-refractivity contribution in [3.05, 3.63) is 65.9 Å². The summed E-state index contributed by atoms with van der Waals surface area (Å²) in [6.45, 7) is 0.776. The Morgan fingerprint density at radius 3 is 2.59 bits per heavy atom. The molecule has 0 aliphatic carbocycles. The highest BCUT2D eigenvalue weighted by molar-refractivity contribution is 7.22. The number of hydrogen-bond acceptors (Lipinski definition) is 7. The Labute approximate surface area is 195 Å². The highest BCUT2D eigenvalue weighted by Gasteiger charge is 2.30. The first-order valence-electron chi connectivity index (χ1n) is 9.97. The van der Waals surface area contributed by atoms with Crippen molar-refractivity contribution >= 4 is 32.6 Å². The van der Waals surface area contributed by atoms with Crippen molar-refractivity contribution < 1.29 is 32.9 Å². The molecule has 0 saturated carbocycles. The van der Waals surface area contributed by atoms with Gasteiger partial charge in [0, 0.05) is 24.8 Å². The summed E-state index contributed by atoms with van der Waals surface area (Å²) in [5.41, 5.74) is 0.645. The smallest absolute Gasteiger partial charge is 0.416 e. The zero-order valence-electron chi connectivity index (χ0n) is 17.6. The number of pyridine rings is 1. The van der Waals surface area contributed by atoms with Crippen molar-refractivity contribution in [2.24, 2.45) is 0 Å². The number of aromatic nitrogens is 2. The number of hydrogen-bond donors (Lipinski definition) is 3. The van der Waals surface area contributed by atoms with Gasteiger partial charge in [-0.2, -0.15) is 13.2 Å². The highest BCUT2D eigenvalue weighted by Crippen LogP contribution is 2.37. The van der Waals surface area contributed by atoms with Crippen LogP contribution in [0, 0.1) is 0 Å². The Kier molecular flexibility index (Phi) is 6.51. The first kappa shape index (κ1) is 23.6. The van der Waals surface area contributed by atoms with E-state index in [-0.39, 0.29) is 17.4 Å². The predicted octanol–water partition coefficient (Wildman–Crippen LogP) is 5.15. The van der Waals surface area contributed by atoms with Crippen LogP contribution in [-0.2, 0) is 11.0 Å². The standard InChI is InChI=1S/C23H18F3N3O4S/c1-12(31)28-22-29-21-18(3-2-4-19(21)34-22)33-20-9-15(16(10-27-20)17(32)11-30)13-5-7-14(8-6-13)23(24,25)26/h2-10,17,30,32H,11H2,1H3,(H,28,29,31). The van der Waals surface area contributed by atoms with Crippen molar-refractivity contribution in [2.45, 2.75) is 19.2 Å². The molecule has 2 aromatic heterocycles. The van der Waals surface area contributed by atoms with E-state index in [1.165, 1.54) is 42.7 Å². The number of nitrogens with zero attached hydrogens (tertiary/aromatic N) is 2. The summed E-state index contributed by atoms with van der Waals surface area (Å²) in [4.78, 5) is 19.9. The van der Waals surface area contributed by atoms with Crippen LogP contribution < -0.4 is 10.1 Å². The largest absolute Gasteiger partial charge is 0.437 e. The number of anilines is 1. The van der Waals surface area contributed by atoms with Gasteiger partial charge in [0.05, 0.1) is 16.9 Å². The van der Waals surface area contributed by atoms with Gasteiger partial charge in [0.2, 0.25) is 11.8 Å². The minimum atomic E-state index is -4.49. The number of aliphatic hydroxyl groups is 2. The molecule has 34 heavy (non-hydrogen) atoms. The number of alkyl halides is 3. The maximum absolute atomic E-state index is 13.0. The van der Waals surface area contributed by atoms with E-state index in [9.17, 15) is 28.2 Å².